The summed E-state index contributed by atoms with van der Waals surface area (Å²) in [7, 11) is 0. The molecule has 5 heteroatoms. The van der Waals surface area contributed by atoms with Crippen molar-refractivity contribution in [2.75, 3.05) is 6.61 Å². The molecule has 1 saturated carbocycles. The van der Waals surface area contributed by atoms with Gasteiger partial charge in [0.05, 0.1) is 0 Å². The molecule has 0 spiro atoms. The Morgan fingerprint density at radius 2 is 2.15 bits per heavy atom. The molecule has 0 aliphatic heterocycles. The average molecular weight is 278 g/mol. The van der Waals surface area contributed by atoms with E-state index >= 15 is 0 Å². The summed E-state index contributed by atoms with van der Waals surface area (Å²) in [5, 5.41) is 23.7. The largest absolute Gasteiger partial charge is 0.618 e. The Labute approximate surface area is 119 Å². The summed E-state index contributed by atoms with van der Waals surface area (Å²) in [5.74, 6) is 0.0493. The molecular weight excluding hydrogens is 256 g/mol. The van der Waals surface area contributed by atoms with Gasteiger partial charge in [0, 0.05) is 24.8 Å². The van der Waals surface area contributed by atoms with Crippen LogP contribution in [0.15, 0.2) is 24.4 Å². The van der Waals surface area contributed by atoms with Crippen molar-refractivity contribution >= 4 is 5.91 Å². The lowest BCUT2D eigenvalue weighted by Gasteiger charge is -2.30. The first-order chi connectivity index (χ1) is 9.72. The number of nitrogens with one attached hydrogen (secondary N) is 1. The fourth-order valence-corrected chi connectivity index (χ4v) is 2.95. The van der Waals surface area contributed by atoms with E-state index in [2.05, 4.69) is 5.32 Å². The van der Waals surface area contributed by atoms with Crippen molar-refractivity contribution in [2.24, 2.45) is 5.92 Å². The lowest BCUT2D eigenvalue weighted by atomic mass is 9.82. The second-order valence-corrected chi connectivity index (χ2v) is 5.40. The highest BCUT2D eigenvalue weighted by molar-refractivity contribution is 5.91. The molecular formula is C15H22N2O3. The Bertz CT molecular complexity index is 444. The van der Waals surface area contributed by atoms with Gasteiger partial charge in [-0.05, 0) is 31.2 Å². The summed E-state index contributed by atoms with van der Waals surface area (Å²) in [6.45, 7) is 0.0492. The van der Waals surface area contributed by atoms with Gasteiger partial charge in [-0.15, -0.1) is 0 Å². The van der Waals surface area contributed by atoms with Crippen molar-refractivity contribution < 1.29 is 14.6 Å². The molecule has 1 aromatic heterocycles. The summed E-state index contributed by atoms with van der Waals surface area (Å²) < 4.78 is 0.576. The van der Waals surface area contributed by atoms with E-state index < -0.39 is 0 Å². The molecule has 2 N–H and O–H groups in total. The van der Waals surface area contributed by atoms with Gasteiger partial charge in [0.25, 0.3) is 5.69 Å². The van der Waals surface area contributed by atoms with Crippen LogP contribution in [-0.2, 0) is 0 Å². The summed E-state index contributed by atoms with van der Waals surface area (Å²) in [6.07, 6.45) is 7.62. The molecule has 0 radical (unpaired) electrons. The maximum absolute atomic E-state index is 12.2. The first-order valence-electron chi connectivity index (χ1n) is 7.32. The average Bonchev–Trinajstić information content (AvgIpc) is 2.48. The number of rotatable bonds is 5. The molecule has 20 heavy (non-hydrogen) atoms. The molecule has 1 amide bonds. The Kier molecular flexibility index (Phi) is 5.35. The van der Waals surface area contributed by atoms with Crippen molar-refractivity contribution in [2.45, 2.75) is 44.6 Å². The van der Waals surface area contributed by atoms with Crippen LogP contribution in [0, 0.1) is 11.1 Å². The minimum absolute atomic E-state index is 0.0481. The van der Waals surface area contributed by atoms with Gasteiger partial charge in [-0.2, -0.15) is 4.73 Å². The first kappa shape index (κ1) is 14.8. The van der Waals surface area contributed by atoms with E-state index in [1.807, 2.05) is 0 Å². The number of aromatic nitrogens is 1. The van der Waals surface area contributed by atoms with Crippen LogP contribution in [0.2, 0.25) is 0 Å². The third-order valence-electron chi connectivity index (χ3n) is 4.03. The van der Waals surface area contributed by atoms with Crippen LogP contribution in [-0.4, -0.2) is 23.7 Å². The number of nitrogens with zero attached hydrogens (tertiary/aromatic N) is 1. The maximum Gasteiger partial charge on any atom is 0.317 e. The lowest BCUT2D eigenvalue weighted by molar-refractivity contribution is -0.607. The molecule has 0 aromatic carbocycles. The predicted molar refractivity (Wildman–Crippen MR) is 74.9 cm³/mol. The Hall–Kier alpha value is -1.62. The molecule has 1 atom stereocenters. The number of hydrogen-bond acceptors (Lipinski definition) is 3. The third-order valence-corrected chi connectivity index (χ3v) is 4.03. The van der Waals surface area contributed by atoms with Crippen molar-refractivity contribution in [1.29, 1.82) is 0 Å². The molecule has 1 aliphatic carbocycles. The van der Waals surface area contributed by atoms with Crippen LogP contribution in [0.1, 0.15) is 49.0 Å². The Balaban J connectivity index is 2.03. The fourth-order valence-electron chi connectivity index (χ4n) is 2.95. The third kappa shape index (κ3) is 3.70. The molecule has 110 valence electrons. The molecule has 0 saturated heterocycles. The topological polar surface area (TPSA) is 76.3 Å². The quantitative estimate of drug-likeness (QED) is 0.631. The van der Waals surface area contributed by atoms with E-state index in [0.717, 1.165) is 12.8 Å². The molecule has 0 bridgehead atoms. The van der Waals surface area contributed by atoms with Gasteiger partial charge in [0.2, 0.25) is 0 Å². The second kappa shape index (κ2) is 7.24. The van der Waals surface area contributed by atoms with Crippen LogP contribution >= 0.6 is 0 Å². The zero-order valence-corrected chi connectivity index (χ0v) is 11.6. The van der Waals surface area contributed by atoms with Gasteiger partial charge in [-0.1, -0.05) is 19.3 Å². The Morgan fingerprint density at radius 1 is 1.40 bits per heavy atom. The molecule has 1 unspecified atom stereocenters. The maximum atomic E-state index is 12.2. The number of aliphatic hydroxyl groups excluding tert-OH is 1. The number of hydrogen-bond donors (Lipinski definition) is 2. The molecule has 1 fully saturated rings. The highest BCUT2D eigenvalue weighted by atomic mass is 16.5. The molecule has 2 rings (SSSR count). The minimum atomic E-state index is -0.357. The first-order valence-corrected chi connectivity index (χ1v) is 7.32. The van der Waals surface area contributed by atoms with Gasteiger partial charge in [0.1, 0.15) is 0 Å². The Morgan fingerprint density at radius 3 is 2.80 bits per heavy atom. The van der Waals surface area contributed by atoms with Gasteiger partial charge >= 0.3 is 5.91 Å². The molecule has 1 heterocycles. The SMILES string of the molecule is O=C(NC(CCO)C1CCCCC1)c1cccc[n+]1[O-]. The fraction of sp³-hybridized carbons (Fsp3) is 0.600. The summed E-state index contributed by atoms with van der Waals surface area (Å²) in [4.78, 5) is 12.2. The highest BCUT2D eigenvalue weighted by Gasteiger charge is 2.27. The van der Waals surface area contributed by atoms with E-state index in [1.54, 1.807) is 12.1 Å². The van der Waals surface area contributed by atoms with Crippen molar-refractivity contribution in [1.82, 2.24) is 5.32 Å². The normalized spacial score (nSPS) is 17.6. The second-order valence-electron chi connectivity index (χ2n) is 5.40. The zero-order valence-electron chi connectivity index (χ0n) is 11.6. The molecule has 1 aliphatic rings. The van der Waals surface area contributed by atoms with E-state index in [-0.39, 0.29) is 24.2 Å². The van der Waals surface area contributed by atoms with Gasteiger partial charge < -0.3 is 15.6 Å². The van der Waals surface area contributed by atoms with Gasteiger partial charge in [0.15, 0.2) is 6.20 Å². The molecule has 1 aromatic rings. The van der Waals surface area contributed by atoms with Crippen LogP contribution in [0.3, 0.4) is 0 Å². The smallest absolute Gasteiger partial charge is 0.317 e. The van der Waals surface area contributed by atoms with E-state index in [9.17, 15) is 15.1 Å². The number of amides is 1. The predicted octanol–water partition coefficient (Wildman–Crippen LogP) is 1.38. The van der Waals surface area contributed by atoms with Gasteiger partial charge in [-0.25, -0.2) is 0 Å². The highest BCUT2D eigenvalue weighted by Crippen LogP contribution is 2.27. The van der Waals surface area contributed by atoms with E-state index in [0.29, 0.717) is 17.1 Å². The lowest BCUT2D eigenvalue weighted by Crippen LogP contribution is -2.46. The van der Waals surface area contributed by atoms with Crippen LogP contribution in [0.5, 0.6) is 0 Å². The van der Waals surface area contributed by atoms with E-state index in [4.69, 9.17) is 0 Å². The number of carbonyl (C=O) groups excluding carboxylic acids is 1. The number of pyridine rings is 1. The van der Waals surface area contributed by atoms with E-state index in [1.165, 1.54) is 31.5 Å². The van der Waals surface area contributed by atoms with Crippen LogP contribution < -0.4 is 10.0 Å². The minimum Gasteiger partial charge on any atom is -0.618 e. The van der Waals surface area contributed by atoms with Crippen LogP contribution in [0.4, 0.5) is 0 Å². The van der Waals surface area contributed by atoms with Gasteiger partial charge in [-0.3, -0.25) is 4.79 Å². The van der Waals surface area contributed by atoms with Crippen molar-refractivity contribution in [3.63, 3.8) is 0 Å². The summed E-state index contributed by atoms with van der Waals surface area (Å²) >= 11 is 0. The summed E-state index contributed by atoms with van der Waals surface area (Å²) in [6, 6.07) is 4.73. The standard InChI is InChI=1S/C15H22N2O3/c18-11-9-13(12-6-2-1-3-7-12)16-15(19)14-8-4-5-10-17(14)20/h4-5,8,10,12-13,18H,1-3,6-7,9,11H2,(H,16,19). The molecule has 5 nitrogen and oxygen atoms in total. The monoisotopic (exact) mass is 278 g/mol. The van der Waals surface area contributed by atoms with Crippen molar-refractivity contribution in [3.05, 3.63) is 35.3 Å². The summed E-state index contributed by atoms with van der Waals surface area (Å²) in [5.41, 5.74) is 0.103. The number of carbonyl (C=O) groups is 1. The zero-order chi connectivity index (χ0) is 14.4. The van der Waals surface area contributed by atoms with Crippen molar-refractivity contribution in [3.8, 4) is 0 Å². The number of aliphatic hydroxyl groups is 1. The van der Waals surface area contributed by atoms with Crippen LogP contribution in [0.25, 0.3) is 0 Å².